The molecule has 2 aromatic heterocycles. The Balaban J connectivity index is 1.31. The Labute approximate surface area is 146 Å². The van der Waals surface area contributed by atoms with Gasteiger partial charge in [0.25, 0.3) is 0 Å². The number of aryl methyl sites for hydroxylation is 1. The van der Waals surface area contributed by atoms with Gasteiger partial charge in [-0.3, -0.25) is 4.90 Å². The van der Waals surface area contributed by atoms with E-state index in [0.29, 0.717) is 12.5 Å². The number of hydrogen-bond acceptors (Lipinski definition) is 8. The first kappa shape index (κ1) is 17.3. The number of ether oxygens (including phenoxy) is 1. The molecular formula is C16H23N7O2. The van der Waals surface area contributed by atoms with E-state index in [9.17, 15) is 4.79 Å². The van der Waals surface area contributed by atoms with Gasteiger partial charge in [0, 0.05) is 45.6 Å². The third-order valence-corrected chi connectivity index (χ3v) is 4.15. The van der Waals surface area contributed by atoms with E-state index in [1.165, 1.54) is 10.9 Å². The van der Waals surface area contributed by atoms with Crippen LogP contribution in [0.5, 0.6) is 5.88 Å². The lowest BCUT2D eigenvalue weighted by molar-refractivity contribution is 0.235. The summed E-state index contributed by atoms with van der Waals surface area (Å²) < 4.78 is 6.65. The number of rotatable bonds is 7. The van der Waals surface area contributed by atoms with Gasteiger partial charge in [-0.05, 0) is 25.5 Å². The van der Waals surface area contributed by atoms with Crippen molar-refractivity contribution in [1.82, 2.24) is 29.6 Å². The van der Waals surface area contributed by atoms with Gasteiger partial charge >= 0.3 is 5.69 Å². The van der Waals surface area contributed by atoms with E-state index >= 15 is 0 Å². The molecule has 9 nitrogen and oxygen atoms in total. The normalized spacial score (nSPS) is 15.3. The van der Waals surface area contributed by atoms with Gasteiger partial charge in [0.15, 0.2) is 0 Å². The molecule has 3 heterocycles. The second kappa shape index (κ2) is 8.52. The zero-order valence-electron chi connectivity index (χ0n) is 14.4. The molecule has 0 unspecified atom stereocenters. The molecule has 0 aromatic carbocycles. The standard InChI is InChI=1S/C16H23N7O2/c1-21-16(24)20-14(13-19-21)25-12-3-2-7-22-8-10-23(11-9-22)15-17-5-4-6-18-15/h4-6,13H,2-3,7-12H2,1H3. The first-order valence-electron chi connectivity index (χ1n) is 8.50. The second-order valence-electron chi connectivity index (χ2n) is 5.93. The van der Waals surface area contributed by atoms with E-state index in [0.717, 1.165) is 51.5 Å². The zero-order valence-corrected chi connectivity index (χ0v) is 14.4. The fourth-order valence-electron chi connectivity index (χ4n) is 2.69. The zero-order chi connectivity index (χ0) is 17.5. The molecule has 9 heteroatoms. The van der Waals surface area contributed by atoms with Crippen molar-refractivity contribution in [2.24, 2.45) is 7.05 Å². The van der Waals surface area contributed by atoms with Crippen molar-refractivity contribution in [1.29, 1.82) is 0 Å². The molecule has 1 aliphatic rings. The molecule has 1 saturated heterocycles. The van der Waals surface area contributed by atoms with Gasteiger partial charge in [0.2, 0.25) is 11.8 Å². The largest absolute Gasteiger partial charge is 0.476 e. The number of piperazine rings is 1. The lowest BCUT2D eigenvalue weighted by Crippen LogP contribution is -2.47. The van der Waals surface area contributed by atoms with E-state index < -0.39 is 5.69 Å². The SMILES string of the molecule is Cn1ncc(OCCCCN2CCN(c3ncccn3)CC2)nc1=O. The molecule has 1 aliphatic heterocycles. The summed E-state index contributed by atoms with van der Waals surface area (Å²) in [5, 5.41) is 3.88. The number of hydrogen-bond donors (Lipinski definition) is 0. The van der Waals surface area contributed by atoms with Crippen LogP contribution in [0.1, 0.15) is 12.8 Å². The highest BCUT2D eigenvalue weighted by molar-refractivity contribution is 5.29. The van der Waals surface area contributed by atoms with Crippen molar-refractivity contribution in [3.8, 4) is 5.88 Å². The van der Waals surface area contributed by atoms with Gasteiger partial charge in [-0.25, -0.2) is 19.4 Å². The van der Waals surface area contributed by atoms with E-state index in [1.807, 2.05) is 6.07 Å². The third kappa shape index (κ3) is 4.96. The van der Waals surface area contributed by atoms with Crippen molar-refractivity contribution in [2.45, 2.75) is 12.8 Å². The van der Waals surface area contributed by atoms with Crippen LogP contribution in [-0.2, 0) is 7.05 Å². The average Bonchev–Trinajstić information content (AvgIpc) is 2.65. The highest BCUT2D eigenvalue weighted by Gasteiger charge is 2.18. The van der Waals surface area contributed by atoms with E-state index in [-0.39, 0.29) is 0 Å². The monoisotopic (exact) mass is 345 g/mol. The molecule has 0 atom stereocenters. The highest BCUT2D eigenvalue weighted by atomic mass is 16.5. The molecule has 0 bridgehead atoms. The number of nitrogens with zero attached hydrogens (tertiary/aromatic N) is 7. The minimum absolute atomic E-state index is 0.291. The first-order chi connectivity index (χ1) is 12.2. The van der Waals surface area contributed by atoms with E-state index in [2.05, 4.69) is 29.9 Å². The molecule has 3 rings (SSSR count). The highest BCUT2D eigenvalue weighted by Crippen LogP contribution is 2.10. The van der Waals surface area contributed by atoms with Crippen molar-refractivity contribution >= 4 is 5.95 Å². The smallest absolute Gasteiger partial charge is 0.366 e. The maximum Gasteiger partial charge on any atom is 0.366 e. The molecule has 0 aliphatic carbocycles. The van der Waals surface area contributed by atoms with Gasteiger partial charge < -0.3 is 9.64 Å². The van der Waals surface area contributed by atoms with Crippen LogP contribution in [0.2, 0.25) is 0 Å². The molecule has 0 saturated carbocycles. The second-order valence-corrected chi connectivity index (χ2v) is 5.93. The Morgan fingerprint density at radius 2 is 1.88 bits per heavy atom. The van der Waals surface area contributed by atoms with Gasteiger partial charge in [-0.15, -0.1) is 0 Å². The van der Waals surface area contributed by atoms with Crippen LogP contribution in [0.25, 0.3) is 0 Å². The molecule has 25 heavy (non-hydrogen) atoms. The Bertz CT molecular complexity index is 714. The fourth-order valence-corrected chi connectivity index (χ4v) is 2.69. The Kier molecular flexibility index (Phi) is 5.89. The molecule has 2 aromatic rings. The Morgan fingerprint density at radius 1 is 1.12 bits per heavy atom. The maximum atomic E-state index is 11.4. The van der Waals surface area contributed by atoms with Gasteiger partial charge in [0.05, 0.1) is 6.61 Å². The molecule has 0 amide bonds. The van der Waals surface area contributed by atoms with Crippen LogP contribution in [0, 0.1) is 0 Å². The molecular weight excluding hydrogens is 322 g/mol. The first-order valence-corrected chi connectivity index (χ1v) is 8.50. The van der Waals surface area contributed by atoms with Crippen molar-refractivity contribution in [3.63, 3.8) is 0 Å². The van der Waals surface area contributed by atoms with Crippen LogP contribution >= 0.6 is 0 Å². The van der Waals surface area contributed by atoms with Gasteiger partial charge in [0.1, 0.15) is 6.20 Å². The lowest BCUT2D eigenvalue weighted by Gasteiger charge is -2.34. The van der Waals surface area contributed by atoms with Crippen LogP contribution in [-0.4, -0.2) is 69.0 Å². The van der Waals surface area contributed by atoms with Crippen LogP contribution in [0.4, 0.5) is 5.95 Å². The summed E-state index contributed by atoms with van der Waals surface area (Å²) in [6.45, 7) is 5.50. The lowest BCUT2D eigenvalue weighted by atomic mass is 10.2. The summed E-state index contributed by atoms with van der Waals surface area (Å²) in [4.78, 5) is 28.4. The minimum atomic E-state index is -0.405. The number of anilines is 1. The van der Waals surface area contributed by atoms with E-state index in [1.54, 1.807) is 19.4 Å². The topological polar surface area (TPSA) is 89.3 Å². The third-order valence-electron chi connectivity index (χ3n) is 4.15. The number of unbranched alkanes of at least 4 members (excludes halogenated alkanes) is 1. The van der Waals surface area contributed by atoms with Crippen molar-refractivity contribution in [3.05, 3.63) is 35.1 Å². The Morgan fingerprint density at radius 3 is 2.60 bits per heavy atom. The summed E-state index contributed by atoms with van der Waals surface area (Å²) in [7, 11) is 1.56. The summed E-state index contributed by atoms with van der Waals surface area (Å²) in [6.07, 6.45) is 6.98. The van der Waals surface area contributed by atoms with Gasteiger partial charge in [-0.1, -0.05) is 0 Å². The van der Waals surface area contributed by atoms with Crippen molar-refractivity contribution in [2.75, 3.05) is 44.2 Å². The van der Waals surface area contributed by atoms with Crippen LogP contribution in [0.3, 0.4) is 0 Å². The molecule has 0 N–H and O–H groups in total. The summed E-state index contributed by atoms with van der Waals surface area (Å²) in [5.74, 6) is 1.10. The average molecular weight is 345 g/mol. The number of aromatic nitrogens is 5. The van der Waals surface area contributed by atoms with E-state index in [4.69, 9.17) is 4.74 Å². The van der Waals surface area contributed by atoms with Crippen LogP contribution in [0.15, 0.2) is 29.5 Å². The fraction of sp³-hybridized carbons (Fsp3) is 0.562. The quantitative estimate of drug-likeness (QED) is 0.645. The molecule has 134 valence electrons. The minimum Gasteiger partial charge on any atom is -0.476 e. The molecule has 0 radical (unpaired) electrons. The maximum absolute atomic E-state index is 11.4. The predicted molar refractivity (Wildman–Crippen MR) is 92.7 cm³/mol. The predicted octanol–water partition coefficient (Wildman–Crippen LogP) is -0.0535. The summed E-state index contributed by atoms with van der Waals surface area (Å²) >= 11 is 0. The molecule has 0 spiro atoms. The summed E-state index contributed by atoms with van der Waals surface area (Å²) in [6, 6.07) is 1.83. The Hall–Kier alpha value is -2.55. The van der Waals surface area contributed by atoms with Crippen LogP contribution < -0.4 is 15.3 Å². The van der Waals surface area contributed by atoms with Gasteiger partial charge in [-0.2, -0.15) is 10.1 Å². The van der Waals surface area contributed by atoms with Crippen molar-refractivity contribution < 1.29 is 4.74 Å². The molecule has 1 fully saturated rings. The summed E-state index contributed by atoms with van der Waals surface area (Å²) in [5.41, 5.74) is -0.405.